The molecule has 336 valence electrons. The van der Waals surface area contributed by atoms with Gasteiger partial charge in [0.1, 0.15) is 72.5 Å². The number of aromatic carboxylic acids is 2. The molecule has 4 aromatic carbocycles. The molecule has 4 aliphatic rings. The number of phenolic OH excluding ortho intramolecular Hbond substituents is 2. The second kappa shape index (κ2) is 18.4. The van der Waals surface area contributed by atoms with Gasteiger partial charge < -0.3 is 81.0 Å². The number of carbonyl (C=O) groups is 6. The summed E-state index contributed by atoms with van der Waals surface area (Å²) >= 11 is 0. The van der Waals surface area contributed by atoms with Gasteiger partial charge in [-0.15, -0.1) is 0 Å². The van der Waals surface area contributed by atoms with E-state index in [1.54, 1.807) is 0 Å². The molecule has 2 aliphatic carbocycles. The van der Waals surface area contributed by atoms with Gasteiger partial charge in [0.05, 0.1) is 35.5 Å². The molecule has 0 spiro atoms. The maximum Gasteiger partial charge on any atom is 2.00 e. The Hall–Kier alpha value is -5.44. The van der Waals surface area contributed by atoms with Crippen LogP contribution >= 0.6 is 0 Å². The minimum absolute atomic E-state index is 0. The Morgan fingerprint density at radius 1 is 0.492 bits per heavy atom. The average Bonchev–Trinajstić information content (AvgIpc) is 3.25. The van der Waals surface area contributed by atoms with E-state index in [-0.39, 0.29) is 48.9 Å². The van der Waals surface area contributed by atoms with Crippen LogP contribution in [0.3, 0.4) is 0 Å². The Morgan fingerprint density at radius 2 is 0.831 bits per heavy atom. The van der Waals surface area contributed by atoms with Crippen LogP contribution in [-0.2, 0) is 9.47 Å². The van der Waals surface area contributed by atoms with Gasteiger partial charge in [0.2, 0.25) is 0 Å². The molecule has 2 aliphatic heterocycles. The van der Waals surface area contributed by atoms with Gasteiger partial charge in [-0.1, -0.05) is 35.8 Å². The quantitative estimate of drug-likeness (QED) is 0.0722. The van der Waals surface area contributed by atoms with Crippen LogP contribution in [0.2, 0.25) is 0 Å². The Kier molecular flexibility index (Phi) is 13.9. The van der Waals surface area contributed by atoms with Gasteiger partial charge in [0.25, 0.3) is 0 Å². The van der Waals surface area contributed by atoms with Crippen molar-refractivity contribution in [3.8, 4) is 23.0 Å². The van der Waals surface area contributed by atoms with Crippen molar-refractivity contribution in [1.29, 1.82) is 0 Å². The van der Waals surface area contributed by atoms with Gasteiger partial charge in [-0.3, -0.25) is 19.2 Å². The molecule has 2 fully saturated rings. The van der Waals surface area contributed by atoms with Crippen LogP contribution in [0.5, 0.6) is 23.0 Å². The second-order valence-electron chi connectivity index (χ2n) is 15.1. The smallest absolute Gasteiger partial charge is 0.872 e. The maximum absolute atomic E-state index is 13.3. The van der Waals surface area contributed by atoms with Crippen LogP contribution in [-0.4, -0.2) is 196 Å². The maximum atomic E-state index is 13.3. The first-order valence-corrected chi connectivity index (χ1v) is 18.8. The molecule has 2 saturated heterocycles. The number of fused-ring (bicyclic) bond motifs is 4. The van der Waals surface area contributed by atoms with Crippen LogP contribution in [0.15, 0.2) is 48.5 Å². The van der Waals surface area contributed by atoms with Crippen molar-refractivity contribution in [3.05, 3.63) is 115 Å². The number of hydrogen-bond acceptors (Lipinski definition) is 20. The van der Waals surface area contributed by atoms with Gasteiger partial charge in [-0.2, -0.15) is 0 Å². The van der Waals surface area contributed by atoms with Crippen LogP contribution in [0.1, 0.15) is 108 Å². The minimum atomic E-state index is -1.79. The number of benzene rings is 4. The van der Waals surface area contributed by atoms with Crippen LogP contribution < -0.4 is 10.2 Å². The molecule has 4 aromatic rings. The molecule has 0 unspecified atom stereocenters. The number of carboxylic acid groups (broad SMARTS) is 2. The summed E-state index contributed by atoms with van der Waals surface area (Å²) in [5.74, 6) is -10.3. The van der Waals surface area contributed by atoms with Crippen LogP contribution in [0, 0.1) is 0 Å². The van der Waals surface area contributed by atoms with Crippen LogP contribution in [0.4, 0.5) is 0 Å². The first-order chi connectivity index (χ1) is 30.2. The first-order valence-electron chi connectivity index (χ1n) is 18.8. The van der Waals surface area contributed by atoms with Crippen molar-refractivity contribution in [1.82, 2.24) is 0 Å². The fraction of sp³-hybridized carbons (Fsp3) is 0.286. The van der Waals surface area contributed by atoms with Gasteiger partial charge in [0, 0.05) is 33.4 Å². The summed E-state index contributed by atoms with van der Waals surface area (Å²) in [7, 11) is 0. The molecule has 23 heteroatoms. The van der Waals surface area contributed by atoms with E-state index in [0.717, 1.165) is 48.5 Å². The standard InChI is InChI=1S/2C21H18O11.Ca/c2*22-5-11-16(26)18(28)19(29)20(32-11)7-1-2-9(23)14-13(7)15(25)8-3-6(21(30)31)4-10(24)12(8)17(14)27;/h2*1-4,11,16,18-20,22-24,26,28-29H,5H2,(H,30,31);/q;;+2/p-2/t2*11-,16-,18+,19-,20+;/m11./s1. The third-order valence-corrected chi connectivity index (χ3v) is 11.4. The van der Waals surface area contributed by atoms with E-state index in [2.05, 4.69) is 0 Å². The zero-order valence-corrected chi connectivity index (χ0v) is 35.2. The third-order valence-electron chi connectivity index (χ3n) is 11.4. The number of aliphatic hydroxyl groups is 8. The predicted molar refractivity (Wildman–Crippen MR) is 207 cm³/mol. The van der Waals surface area contributed by atoms with Gasteiger partial charge in [0.15, 0.2) is 23.1 Å². The van der Waals surface area contributed by atoms with Crippen molar-refractivity contribution in [2.24, 2.45) is 0 Å². The number of carboxylic acids is 2. The molecule has 0 saturated carbocycles. The van der Waals surface area contributed by atoms with Crippen molar-refractivity contribution in [2.45, 2.75) is 61.0 Å². The number of ether oxygens (including phenoxy) is 2. The predicted octanol–water partition coefficient (Wildman–Crippen LogP) is -3.47. The number of carbonyl (C=O) groups excluding carboxylic acids is 4. The summed E-state index contributed by atoms with van der Waals surface area (Å²) in [4.78, 5) is 75.4. The average molecular weight is 931 g/mol. The number of phenols is 2. The van der Waals surface area contributed by atoms with E-state index in [9.17, 15) is 100 Å². The van der Waals surface area contributed by atoms with Crippen molar-refractivity contribution in [2.75, 3.05) is 13.2 Å². The van der Waals surface area contributed by atoms with E-state index >= 15 is 0 Å². The number of aromatic hydroxyl groups is 2. The fourth-order valence-electron chi connectivity index (χ4n) is 8.19. The zero-order valence-electron chi connectivity index (χ0n) is 33.0. The van der Waals surface area contributed by atoms with Crippen molar-refractivity contribution in [3.63, 3.8) is 0 Å². The number of hydrogen-bond donors (Lipinski definition) is 12. The monoisotopic (exact) mass is 930 g/mol. The SMILES string of the molecule is O=C(O)c1cc(O)c2c(c1)C(=O)c1c([C@@H]3O[C@H](CO)[C@@H](O)[C@H](O)[C@H]3O)ccc([O-])c1C2=O.O=C(O)c1cc(O)c2c(c1)C(=O)c1c([C@@H]3O[C@H](CO)[C@@H](O)[C@H](O)[C@H]3O)ccc([O-])c1C2=O.[Ca+2]. The largest absolute Gasteiger partial charge is 2.00 e. The molecule has 65 heavy (non-hydrogen) atoms. The molecular formula is C42H34CaO22. The normalized spacial score (nSPS) is 26.6. The van der Waals surface area contributed by atoms with E-state index in [1.807, 2.05) is 0 Å². The molecule has 0 aromatic heterocycles. The van der Waals surface area contributed by atoms with E-state index in [0.29, 0.717) is 0 Å². The summed E-state index contributed by atoms with van der Waals surface area (Å²) in [6, 6.07) is 7.41. The summed E-state index contributed by atoms with van der Waals surface area (Å²) in [6.07, 6.45) is -16.2. The number of rotatable bonds is 6. The zero-order chi connectivity index (χ0) is 47.0. The molecule has 22 nitrogen and oxygen atoms in total. The minimum Gasteiger partial charge on any atom is -0.872 e. The molecule has 0 bridgehead atoms. The first kappa shape index (κ1) is 49.0. The van der Waals surface area contributed by atoms with Gasteiger partial charge in [-0.05, 0) is 35.4 Å². The molecule has 12 N–H and O–H groups in total. The van der Waals surface area contributed by atoms with E-state index in [4.69, 9.17) is 9.47 Å². The van der Waals surface area contributed by atoms with Crippen molar-refractivity contribution >= 4 is 72.8 Å². The Balaban J connectivity index is 0.000000212. The molecule has 10 atom stereocenters. The number of aliphatic hydroxyl groups excluding tert-OH is 8. The van der Waals surface area contributed by atoms with Gasteiger partial charge in [-0.25, -0.2) is 9.59 Å². The fourth-order valence-corrected chi connectivity index (χ4v) is 8.19. The van der Waals surface area contributed by atoms with Crippen molar-refractivity contribution < 1.29 is 110 Å². The molecule has 2 heterocycles. The second-order valence-corrected chi connectivity index (χ2v) is 15.1. The Bertz CT molecular complexity index is 2490. The van der Waals surface area contributed by atoms with Crippen LogP contribution in [0.25, 0.3) is 0 Å². The summed E-state index contributed by atoms with van der Waals surface area (Å²) < 4.78 is 10.9. The summed E-state index contributed by atoms with van der Waals surface area (Å²) in [5, 5.41) is 144. The van der Waals surface area contributed by atoms with E-state index in [1.165, 1.54) is 0 Å². The molecule has 0 amide bonds. The topological polar surface area (TPSA) is 410 Å². The van der Waals surface area contributed by atoms with E-state index < -0.39 is 188 Å². The molecule has 0 radical (unpaired) electrons. The molecular weight excluding hydrogens is 897 g/mol. The Labute approximate surface area is 393 Å². The number of ketones is 4. The third kappa shape index (κ3) is 8.05. The molecule has 8 rings (SSSR count). The Morgan fingerprint density at radius 3 is 1.14 bits per heavy atom. The van der Waals surface area contributed by atoms with Gasteiger partial charge >= 0.3 is 49.7 Å². The summed E-state index contributed by atoms with van der Waals surface area (Å²) in [5.41, 5.74) is -5.49. The summed E-state index contributed by atoms with van der Waals surface area (Å²) in [6.45, 7) is -1.48.